The van der Waals surface area contributed by atoms with Crippen LogP contribution in [0.15, 0.2) is 24.3 Å². The number of piperidine rings is 1. The van der Waals surface area contributed by atoms with Gasteiger partial charge in [-0.05, 0) is 81.2 Å². The van der Waals surface area contributed by atoms with Crippen LogP contribution in [0, 0.1) is 23.2 Å². The van der Waals surface area contributed by atoms with Crippen LogP contribution in [0.3, 0.4) is 0 Å². The molecule has 4 rings (SSSR count). The van der Waals surface area contributed by atoms with Crippen LogP contribution in [-0.4, -0.2) is 60.7 Å². The van der Waals surface area contributed by atoms with E-state index in [1.807, 2.05) is 0 Å². The number of nitrogens with zero attached hydrogens (tertiary/aromatic N) is 1. The number of allylic oxidation sites excluding steroid dienone is 3. The topological polar surface area (TPSA) is 39.3 Å². The van der Waals surface area contributed by atoms with Gasteiger partial charge in [0.1, 0.15) is 0 Å². The van der Waals surface area contributed by atoms with Gasteiger partial charge in [-0.15, -0.1) is 11.6 Å². The van der Waals surface area contributed by atoms with Gasteiger partial charge in [-0.1, -0.05) is 52.0 Å². The first-order valence-electron chi connectivity index (χ1n) is 13.8. The lowest BCUT2D eigenvalue weighted by Crippen LogP contribution is -2.53. The van der Waals surface area contributed by atoms with Gasteiger partial charge >= 0.3 is 0 Å². The van der Waals surface area contributed by atoms with E-state index in [-0.39, 0.29) is 5.38 Å². The number of alkyl halides is 1. The number of hydrogen-bond donors (Lipinski definition) is 3. The van der Waals surface area contributed by atoms with Gasteiger partial charge in [-0.2, -0.15) is 0 Å². The monoisotopic (exact) mass is 476 g/mol. The Balaban J connectivity index is 1.20. The van der Waals surface area contributed by atoms with Gasteiger partial charge in [-0.3, -0.25) is 10.6 Å². The van der Waals surface area contributed by atoms with Crippen molar-refractivity contribution in [2.45, 2.75) is 102 Å². The normalized spacial score (nSPS) is 37.4. The minimum atomic E-state index is 0.253. The Bertz CT molecular complexity index is 675. The molecule has 4 aliphatic rings. The number of fused-ring (bicyclic) bond motifs is 1. The smallest absolute Gasteiger partial charge is 0.0580 e. The SMILES string of the molecule is CC(C)[C@H](CN1CCC(C2C=CC(Cl)CC2)C(C)(C)C1)NCCCC1NC2C=CCCC2N1. The summed E-state index contributed by atoms with van der Waals surface area (Å²) in [6.45, 7) is 14.5. The number of hydrogen-bond acceptors (Lipinski definition) is 4. The van der Waals surface area contributed by atoms with Crippen molar-refractivity contribution in [1.29, 1.82) is 0 Å². The average Bonchev–Trinajstić information content (AvgIpc) is 3.19. The van der Waals surface area contributed by atoms with Crippen LogP contribution in [-0.2, 0) is 0 Å². The molecule has 2 fully saturated rings. The molecule has 0 radical (unpaired) electrons. The molecule has 5 heteroatoms. The zero-order valence-corrected chi connectivity index (χ0v) is 22.3. The number of halogens is 1. The highest BCUT2D eigenvalue weighted by atomic mass is 35.5. The molecule has 4 nitrogen and oxygen atoms in total. The lowest BCUT2D eigenvalue weighted by atomic mass is 9.65. The second-order valence-electron chi connectivity index (χ2n) is 12.2. The summed E-state index contributed by atoms with van der Waals surface area (Å²) in [5.74, 6) is 2.15. The largest absolute Gasteiger partial charge is 0.312 e. The molecule has 6 unspecified atom stereocenters. The Morgan fingerprint density at radius 3 is 2.64 bits per heavy atom. The van der Waals surface area contributed by atoms with E-state index in [1.165, 1.54) is 58.2 Å². The summed E-state index contributed by atoms with van der Waals surface area (Å²) >= 11 is 6.31. The second kappa shape index (κ2) is 11.6. The lowest BCUT2D eigenvalue weighted by Gasteiger charge is -2.48. The number of rotatable bonds is 9. The molecule has 0 aromatic rings. The minimum Gasteiger partial charge on any atom is -0.312 e. The van der Waals surface area contributed by atoms with Crippen LogP contribution < -0.4 is 16.0 Å². The molecular formula is C28H49ClN4. The lowest BCUT2D eigenvalue weighted by molar-refractivity contribution is 0.0220. The van der Waals surface area contributed by atoms with Gasteiger partial charge in [0.05, 0.1) is 11.5 Å². The summed E-state index contributed by atoms with van der Waals surface area (Å²) in [7, 11) is 0. The van der Waals surface area contributed by atoms with Crippen LogP contribution in [0.1, 0.15) is 72.6 Å². The molecule has 0 aromatic heterocycles. The predicted octanol–water partition coefficient (Wildman–Crippen LogP) is 4.91. The van der Waals surface area contributed by atoms with E-state index in [9.17, 15) is 0 Å². The van der Waals surface area contributed by atoms with Crippen molar-refractivity contribution in [3.05, 3.63) is 24.3 Å². The highest BCUT2D eigenvalue weighted by Crippen LogP contribution is 2.43. The first-order valence-corrected chi connectivity index (χ1v) is 14.2. The third-order valence-electron chi connectivity index (χ3n) is 8.82. The maximum atomic E-state index is 6.31. The van der Waals surface area contributed by atoms with Crippen LogP contribution in [0.5, 0.6) is 0 Å². The highest BCUT2D eigenvalue weighted by Gasteiger charge is 2.40. The van der Waals surface area contributed by atoms with Crippen LogP contribution in [0.2, 0.25) is 0 Å². The van der Waals surface area contributed by atoms with Crippen molar-refractivity contribution in [3.8, 4) is 0 Å². The van der Waals surface area contributed by atoms with Crippen LogP contribution in [0.25, 0.3) is 0 Å². The zero-order valence-electron chi connectivity index (χ0n) is 21.5. The van der Waals surface area contributed by atoms with E-state index in [4.69, 9.17) is 11.6 Å². The first-order chi connectivity index (χ1) is 15.8. The summed E-state index contributed by atoms with van der Waals surface area (Å²) in [5, 5.41) is 11.7. The molecular weight excluding hydrogens is 428 g/mol. The molecule has 2 aliphatic heterocycles. The second-order valence-corrected chi connectivity index (χ2v) is 12.8. The molecule has 188 valence electrons. The van der Waals surface area contributed by atoms with Crippen molar-refractivity contribution >= 4 is 11.6 Å². The van der Waals surface area contributed by atoms with Gasteiger partial charge in [0, 0.05) is 31.2 Å². The Labute approximate surface area is 208 Å². The molecule has 0 aromatic carbocycles. The summed E-state index contributed by atoms with van der Waals surface area (Å²) < 4.78 is 0. The van der Waals surface area contributed by atoms with Crippen LogP contribution in [0.4, 0.5) is 0 Å². The molecule has 2 saturated heterocycles. The minimum absolute atomic E-state index is 0.253. The molecule has 0 spiro atoms. The first kappa shape index (κ1) is 25.7. The molecule has 0 bridgehead atoms. The van der Waals surface area contributed by atoms with E-state index in [0.717, 1.165) is 18.9 Å². The molecule has 0 saturated carbocycles. The van der Waals surface area contributed by atoms with E-state index in [2.05, 4.69) is 72.8 Å². The van der Waals surface area contributed by atoms with E-state index in [0.29, 0.717) is 41.5 Å². The summed E-state index contributed by atoms with van der Waals surface area (Å²) in [4.78, 5) is 2.74. The average molecular weight is 477 g/mol. The summed E-state index contributed by atoms with van der Waals surface area (Å²) in [6, 6.07) is 1.76. The standard InChI is InChI=1S/C28H49ClN4/c1-20(2)26(30-16-7-10-27-31-24-8-5-6-9-25(24)32-27)18-33-17-15-23(28(3,4)19-33)21-11-13-22(29)14-12-21/h5,8,11,13,20-27,30-32H,6-7,9-10,12,14-19H2,1-4H3/t21?,22?,23?,24?,25?,26-,27?/m0/s1. The van der Waals surface area contributed by atoms with Crippen molar-refractivity contribution < 1.29 is 0 Å². The van der Waals surface area contributed by atoms with Gasteiger partial charge < -0.3 is 10.2 Å². The highest BCUT2D eigenvalue weighted by molar-refractivity contribution is 6.21. The van der Waals surface area contributed by atoms with Crippen molar-refractivity contribution in [2.24, 2.45) is 23.2 Å². The summed E-state index contributed by atoms with van der Waals surface area (Å²) in [5.41, 5.74) is 0.360. The van der Waals surface area contributed by atoms with Crippen molar-refractivity contribution in [2.75, 3.05) is 26.2 Å². The number of nitrogens with one attached hydrogen (secondary N) is 3. The Kier molecular flexibility index (Phi) is 9.00. The maximum Gasteiger partial charge on any atom is 0.0580 e. The van der Waals surface area contributed by atoms with Gasteiger partial charge in [-0.25, -0.2) is 0 Å². The molecule has 3 N–H and O–H groups in total. The maximum absolute atomic E-state index is 6.31. The third kappa shape index (κ3) is 6.85. The van der Waals surface area contributed by atoms with E-state index < -0.39 is 0 Å². The Hall–Kier alpha value is -0.390. The molecule has 33 heavy (non-hydrogen) atoms. The molecule has 0 amide bonds. The van der Waals surface area contributed by atoms with Gasteiger partial charge in [0.2, 0.25) is 0 Å². The van der Waals surface area contributed by atoms with Gasteiger partial charge in [0.25, 0.3) is 0 Å². The quantitative estimate of drug-likeness (QED) is 0.251. The van der Waals surface area contributed by atoms with Gasteiger partial charge in [0.15, 0.2) is 0 Å². The molecule has 7 atom stereocenters. The Morgan fingerprint density at radius 1 is 1.09 bits per heavy atom. The fourth-order valence-corrected chi connectivity index (χ4v) is 7.07. The predicted molar refractivity (Wildman–Crippen MR) is 142 cm³/mol. The van der Waals surface area contributed by atoms with Crippen molar-refractivity contribution in [1.82, 2.24) is 20.9 Å². The fraction of sp³-hybridized carbons (Fsp3) is 0.857. The molecule has 2 heterocycles. The van der Waals surface area contributed by atoms with Crippen molar-refractivity contribution in [3.63, 3.8) is 0 Å². The fourth-order valence-electron chi connectivity index (χ4n) is 6.86. The third-order valence-corrected chi connectivity index (χ3v) is 9.18. The zero-order chi connectivity index (χ0) is 23.4. The number of likely N-dealkylation sites (tertiary alicyclic amines) is 1. The van der Waals surface area contributed by atoms with Crippen LogP contribution >= 0.6 is 11.6 Å². The van der Waals surface area contributed by atoms with E-state index in [1.54, 1.807) is 0 Å². The summed E-state index contributed by atoms with van der Waals surface area (Å²) in [6.07, 6.45) is 18.5. The molecule has 2 aliphatic carbocycles. The Morgan fingerprint density at radius 2 is 1.94 bits per heavy atom. The van der Waals surface area contributed by atoms with E-state index >= 15 is 0 Å².